The maximum atomic E-state index is 14.0. The van der Waals surface area contributed by atoms with Crippen molar-refractivity contribution < 1.29 is 19.2 Å². The van der Waals surface area contributed by atoms with Crippen molar-refractivity contribution in [2.75, 3.05) is 13.6 Å². The molecule has 9 nitrogen and oxygen atoms in total. The molecule has 0 saturated carbocycles. The molecule has 2 heterocycles. The van der Waals surface area contributed by atoms with Crippen LogP contribution < -0.4 is 16.0 Å². The van der Waals surface area contributed by atoms with Crippen molar-refractivity contribution in [2.24, 2.45) is 0 Å². The summed E-state index contributed by atoms with van der Waals surface area (Å²) in [5.41, 5.74) is 2.66. The molecule has 0 aliphatic carbocycles. The molecule has 4 rings (SSSR count). The van der Waals surface area contributed by atoms with Crippen LogP contribution in [-0.4, -0.2) is 76.7 Å². The molecule has 0 unspecified atom stereocenters. The van der Waals surface area contributed by atoms with Crippen molar-refractivity contribution >= 4 is 35.2 Å². The number of hydrogen-bond donors (Lipinski definition) is 3. The highest BCUT2D eigenvalue weighted by Gasteiger charge is 2.43. The fraction of sp³-hybridized carbons (Fsp3) is 0.484. The largest absolute Gasteiger partial charge is 0.350 e. The lowest BCUT2D eigenvalue weighted by atomic mass is 9.95. The number of hydrogen-bond acceptors (Lipinski definition) is 5. The van der Waals surface area contributed by atoms with Crippen molar-refractivity contribution in [3.8, 4) is 0 Å². The van der Waals surface area contributed by atoms with Crippen LogP contribution >= 0.6 is 11.6 Å². The number of benzene rings is 2. The van der Waals surface area contributed by atoms with Gasteiger partial charge in [-0.25, -0.2) is 0 Å². The molecule has 10 heteroatoms. The van der Waals surface area contributed by atoms with Gasteiger partial charge in [-0.2, -0.15) is 0 Å². The molecular formula is C31H40ClN5O4. The number of carbonyl (C=O) groups is 4. The number of nitrogens with one attached hydrogen (secondary N) is 3. The molecule has 2 aromatic carbocycles. The second-order valence-electron chi connectivity index (χ2n) is 12.1. The van der Waals surface area contributed by atoms with Crippen LogP contribution in [-0.2, 0) is 38.6 Å². The summed E-state index contributed by atoms with van der Waals surface area (Å²) in [5.74, 6) is -1.00. The maximum Gasteiger partial charge on any atom is 0.245 e. The molecule has 3 N–H and O–H groups in total. The molecule has 4 atom stereocenters. The van der Waals surface area contributed by atoms with Crippen LogP contribution in [0.15, 0.2) is 48.5 Å². The van der Waals surface area contributed by atoms with Gasteiger partial charge in [0.05, 0.1) is 12.1 Å². The molecule has 220 valence electrons. The Balaban J connectivity index is 1.51. The Labute approximate surface area is 247 Å². The first-order valence-electron chi connectivity index (χ1n) is 14.0. The number of amides is 4. The topological polar surface area (TPSA) is 111 Å². The predicted molar refractivity (Wildman–Crippen MR) is 158 cm³/mol. The molecule has 0 radical (unpaired) electrons. The first kappa shape index (κ1) is 30.5. The molecule has 2 aliphatic rings. The average molecular weight is 582 g/mol. The van der Waals surface area contributed by atoms with Crippen molar-refractivity contribution in [2.45, 2.75) is 83.2 Å². The molecular weight excluding hydrogens is 542 g/mol. The zero-order valence-corrected chi connectivity index (χ0v) is 25.1. The monoisotopic (exact) mass is 581 g/mol. The standard InChI is InChI=1S/C31H40ClN5O4/c1-19(38)37-18-24(16-27(37)29(40)35-31(2,3)4)36(5)30(41)26(14-20-10-12-23(32)13-11-20)34-28(39)25-15-21-8-6-7-9-22(21)17-33-25/h6-13,24-27,33H,14-18H2,1-5H3,(H,34,39)(H,35,40)/t24-,25+,26+,27-/m0/s1. The molecule has 1 fully saturated rings. The highest BCUT2D eigenvalue weighted by Crippen LogP contribution is 2.24. The van der Waals surface area contributed by atoms with Gasteiger partial charge in [-0.05, 0) is 62.4 Å². The average Bonchev–Trinajstić information content (AvgIpc) is 3.38. The number of nitrogens with zero attached hydrogens (tertiary/aromatic N) is 2. The second kappa shape index (κ2) is 12.6. The van der Waals surface area contributed by atoms with Gasteiger partial charge in [0.1, 0.15) is 12.1 Å². The van der Waals surface area contributed by atoms with Crippen LogP contribution in [0.3, 0.4) is 0 Å². The Bertz CT molecular complexity index is 1290. The van der Waals surface area contributed by atoms with Gasteiger partial charge in [0.2, 0.25) is 23.6 Å². The van der Waals surface area contributed by atoms with Crippen LogP contribution in [0.5, 0.6) is 0 Å². The number of fused-ring (bicyclic) bond motifs is 1. The van der Waals surface area contributed by atoms with Crippen LogP contribution in [0.25, 0.3) is 0 Å². The number of halogens is 1. The number of carbonyl (C=O) groups excluding carboxylic acids is 4. The third-order valence-electron chi connectivity index (χ3n) is 7.75. The second-order valence-corrected chi connectivity index (χ2v) is 12.5. The molecule has 2 aliphatic heterocycles. The van der Waals surface area contributed by atoms with E-state index in [4.69, 9.17) is 11.6 Å². The van der Waals surface area contributed by atoms with Crippen LogP contribution in [0, 0.1) is 0 Å². The Morgan fingerprint density at radius 1 is 1.05 bits per heavy atom. The zero-order valence-electron chi connectivity index (χ0n) is 24.4. The Hall–Kier alpha value is -3.43. The van der Waals surface area contributed by atoms with E-state index in [0.29, 0.717) is 24.4 Å². The summed E-state index contributed by atoms with van der Waals surface area (Å²) >= 11 is 6.07. The quantitative estimate of drug-likeness (QED) is 0.465. The number of likely N-dealkylation sites (tertiary alicyclic amines) is 1. The smallest absolute Gasteiger partial charge is 0.245 e. The highest BCUT2D eigenvalue weighted by molar-refractivity contribution is 6.30. The van der Waals surface area contributed by atoms with E-state index in [0.717, 1.165) is 16.7 Å². The molecule has 0 aromatic heterocycles. The maximum absolute atomic E-state index is 14.0. The normalized spacial score (nSPS) is 21.0. The van der Waals surface area contributed by atoms with Gasteiger partial charge in [0.15, 0.2) is 0 Å². The van der Waals surface area contributed by atoms with E-state index < -0.39 is 23.7 Å². The van der Waals surface area contributed by atoms with Crippen molar-refractivity contribution in [1.82, 2.24) is 25.8 Å². The summed E-state index contributed by atoms with van der Waals surface area (Å²) in [4.78, 5) is 56.0. The fourth-order valence-electron chi connectivity index (χ4n) is 5.54. The molecule has 1 saturated heterocycles. The fourth-order valence-corrected chi connectivity index (χ4v) is 5.66. The summed E-state index contributed by atoms with van der Waals surface area (Å²) < 4.78 is 0. The van der Waals surface area contributed by atoms with E-state index in [-0.39, 0.29) is 42.6 Å². The van der Waals surface area contributed by atoms with Crippen LogP contribution in [0.4, 0.5) is 0 Å². The first-order chi connectivity index (χ1) is 19.3. The SMILES string of the molecule is CC(=O)N1C[C@@H](N(C)C(=O)[C@@H](Cc2ccc(Cl)cc2)NC(=O)[C@H]2Cc3ccccc3CN2)C[C@H]1C(=O)NC(C)(C)C. The van der Waals surface area contributed by atoms with Crippen molar-refractivity contribution in [3.63, 3.8) is 0 Å². The van der Waals surface area contributed by atoms with Crippen molar-refractivity contribution in [1.29, 1.82) is 0 Å². The Morgan fingerprint density at radius 3 is 2.34 bits per heavy atom. The van der Waals surface area contributed by atoms with Gasteiger partial charge >= 0.3 is 0 Å². The molecule has 41 heavy (non-hydrogen) atoms. The van der Waals surface area contributed by atoms with Gasteiger partial charge < -0.3 is 25.8 Å². The van der Waals surface area contributed by atoms with Gasteiger partial charge in [-0.15, -0.1) is 0 Å². The first-order valence-corrected chi connectivity index (χ1v) is 14.4. The van der Waals surface area contributed by atoms with Crippen LogP contribution in [0.1, 0.15) is 50.8 Å². The van der Waals surface area contributed by atoms with Crippen LogP contribution in [0.2, 0.25) is 5.02 Å². The zero-order chi connectivity index (χ0) is 29.9. The third-order valence-corrected chi connectivity index (χ3v) is 8.00. The van der Waals surface area contributed by atoms with E-state index in [1.165, 1.54) is 11.8 Å². The lowest BCUT2D eigenvalue weighted by molar-refractivity contribution is -0.138. The van der Waals surface area contributed by atoms with E-state index in [1.807, 2.05) is 57.2 Å². The van der Waals surface area contributed by atoms with E-state index in [9.17, 15) is 19.2 Å². The van der Waals surface area contributed by atoms with Crippen molar-refractivity contribution in [3.05, 3.63) is 70.2 Å². The lowest BCUT2D eigenvalue weighted by Crippen LogP contribution is -2.56. The predicted octanol–water partition coefficient (Wildman–Crippen LogP) is 2.44. The van der Waals surface area contributed by atoms with E-state index >= 15 is 0 Å². The highest BCUT2D eigenvalue weighted by atomic mass is 35.5. The third kappa shape index (κ3) is 7.65. The molecule has 0 spiro atoms. The number of rotatable bonds is 7. The Morgan fingerprint density at radius 2 is 1.71 bits per heavy atom. The molecule has 0 bridgehead atoms. The summed E-state index contributed by atoms with van der Waals surface area (Å²) in [6.07, 6.45) is 1.11. The summed E-state index contributed by atoms with van der Waals surface area (Å²) in [7, 11) is 1.67. The lowest BCUT2D eigenvalue weighted by Gasteiger charge is -2.31. The minimum Gasteiger partial charge on any atom is -0.350 e. The summed E-state index contributed by atoms with van der Waals surface area (Å²) in [5, 5.41) is 9.82. The summed E-state index contributed by atoms with van der Waals surface area (Å²) in [6.45, 7) is 7.90. The molecule has 2 aromatic rings. The minimum atomic E-state index is -0.846. The minimum absolute atomic E-state index is 0.225. The van der Waals surface area contributed by atoms with Gasteiger partial charge in [-0.1, -0.05) is 48.0 Å². The van der Waals surface area contributed by atoms with E-state index in [1.54, 1.807) is 24.1 Å². The van der Waals surface area contributed by atoms with E-state index in [2.05, 4.69) is 16.0 Å². The van der Waals surface area contributed by atoms with Gasteiger partial charge in [0.25, 0.3) is 0 Å². The van der Waals surface area contributed by atoms with Gasteiger partial charge in [0, 0.05) is 44.0 Å². The number of likely N-dealkylation sites (N-methyl/N-ethyl adjacent to an activating group) is 1. The summed E-state index contributed by atoms with van der Waals surface area (Å²) in [6, 6.07) is 12.8. The van der Waals surface area contributed by atoms with Gasteiger partial charge in [-0.3, -0.25) is 19.2 Å². The molecule has 4 amide bonds. The Kier molecular flexibility index (Phi) is 9.39.